The van der Waals surface area contributed by atoms with Crippen molar-refractivity contribution in [3.8, 4) is 11.5 Å². The van der Waals surface area contributed by atoms with Crippen LogP contribution in [0, 0.1) is 6.92 Å². The van der Waals surface area contributed by atoms with Gasteiger partial charge in [-0.05, 0) is 65.8 Å². The highest BCUT2D eigenvalue weighted by Gasteiger charge is 2.20. The highest BCUT2D eigenvalue weighted by molar-refractivity contribution is 9.10. The molecule has 0 saturated carbocycles. The Morgan fingerprint density at radius 1 is 1.20 bits per heavy atom. The third kappa shape index (κ3) is 6.91. The minimum atomic E-state index is -0.278. The molecular weight excluding hydrogens is 532 g/mol. The molecule has 182 valence electrons. The molecule has 0 unspecified atom stereocenters. The van der Waals surface area contributed by atoms with Crippen molar-refractivity contribution in [3.05, 3.63) is 86.8 Å². The summed E-state index contributed by atoms with van der Waals surface area (Å²) < 4.78 is 6.75. The average Bonchev–Trinajstić information content (AvgIpc) is 2.84. The number of ether oxygens (including phenoxy) is 1. The van der Waals surface area contributed by atoms with Crippen LogP contribution in [0.25, 0.3) is 0 Å². The minimum absolute atomic E-state index is 0.132. The van der Waals surface area contributed by atoms with Crippen LogP contribution >= 0.6 is 27.7 Å². The predicted octanol–water partition coefficient (Wildman–Crippen LogP) is 5.07. The third-order valence-corrected chi connectivity index (χ3v) is 6.85. The number of halogens is 1. The van der Waals surface area contributed by atoms with E-state index in [4.69, 9.17) is 10.5 Å². The summed E-state index contributed by atoms with van der Waals surface area (Å²) in [5, 5.41) is 9.35. The number of aryl methyl sites for hydroxylation is 1. The summed E-state index contributed by atoms with van der Waals surface area (Å²) in [7, 11) is 0. The lowest BCUT2D eigenvalue weighted by atomic mass is 10.2. The van der Waals surface area contributed by atoms with E-state index in [0.29, 0.717) is 45.5 Å². The molecule has 0 fully saturated rings. The van der Waals surface area contributed by atoms with Gasteiger partial charge < -0.3 is 20.5 Å². The quantitative estimate of drug-likeness (QED) is 0.332. The predicted molar refractivity (Wildman–Crippen MR) is 140 cm³/mol. The van der Waals surface area contributed by atoms with Crippen LogP contribution < -0.4 is 10.5 Å². The molecule has 0 radical (unpaired) electrons. The largest absolute Gasteiger partial charge is 0.455 e. The first kappa shape index (κ1) is 26.4. The maximum absolute atomic E-state index is 13.3. The molecule has 0 spiro atoms. The molecule has 1 amide bonds. The van der Waals surface area contributed by atoms with Gasteiger partial charge in [-0.25, -0.2) is 9.97 Å². The zero-order valence-corrected chi connectivity index (χ0v) is 21.7. The molecule has 0 aliphatic heterocycles. The lowest BCUT2D eigenvalue weighted by Crippen LogP contribution is -2.22. The first-order chi connectivity index (χ1) is 16.8. The Balaban J connectivity index is 1.87. The number of benzene rings is 2. The Kier molecular flexibility index (Phi) is 9.41. The number of thioether (sulfide) groups is 1. The molecule has 3 rings (SSSR count). The van der Waals surface area contributed by atoms with Crippen LogP contribution in [-0.4, -0.2) is 38.1 Å². The van der Waals surface area contributed by atoms with Crippen molar-refractivity contribution in [2.75, 3.05) is 12.3 Å². The number of hydrogen-bond donors (Lipinski definition) is 2. The summed E-state index contributed by atoms with van der Waals surface area (Å²) in [6.07, 6.45) is 2.42. The fraction of sp³-hybridized carbons (Fsp3) is 0.200. The Morgan fingerprint density at radius 2 is 1.89 bits per heavy atom. The van der Waals surface area contributed by atoms with Gasteiger partial charge in [-0.1, -0.05) is 24.3 Å². The number of aliphatic hydroxyl groups is 1. The zero-order valence-electron chi connectivity index (χ0n) is 19.3. The molecule has 1 heterocycles. The Morgan fingerprint density at radius 3 is 2.54 bits per heavy atom. The van der Waals surface area contributed by atoms with Gasteiger partial charge >= 0.3 is 0 Å². The van der Waals surface area contributed by atoms with E-state index in [1.807, 2.05) is 18.2 Å². The Bertz CT molecular complexity index is 1250. The fourth-order valence-corrected chi connectivity index (χ4v) is 4.48. The van der Waals surface area contributed by atoms with Gasteiger partial charge in [-0.3, -0.25) is 9.59 Å². The number of aromatic nitrogens is 2. The second kappa shape index (κ2) is 12.5. The summed E-state index contributed by atoms with van der Waals surface area (Å²) >= 11 is 4.39. The molecule has 0 aliphatic rings. The monoisotopic (exact) mass is 556 g/mol. The van der Waals surface area contributed by atoms with Gasteiger partial charge in [0.15, 0.2) is 0 Å². The van der Waals surface area contributed by atoms with E-state index in [-0.39, 0.29) is 30.5 Å². The van der Waals surface area contributed by atoms with Crippen LogP contribution in [0.3, 0.4) is 0 Å². The second-order valence-corrected chi connectivity index (χ2v) is 9.38. The van der Waals surface area contributed by atoms with Gasteiger partial charge in [-0.2, -0.15) is 0 Å². The van der Waals surface area contributed by atoms with Gasteiger partial charge in [0.1, 0.15) is 23.1 Å². The summed E-state index contributed by atoms with van der Waals surface area (Å²) in [4.78, 5) is 35.4. The normalized spacial score (nSPS) is 11.5. The molecule has 0 saturated heterocycles. The maximum atomic E-state index is 13.3. The lowest BCUT2D eigenvalue weighted by molar-refractivity contribution is -0.116. The van der Waals surface area contributed by atoms with Gasteiger partial charge in [-0.15, -0.1) is 0 Å². The van der Waals surface area contributed by atoms with E-state index in [0.717, 1.165) is 16.2 Å². The number of anilines is 1. The summed E-state index contributed by atoms with van der Waals surface area (Å²) in [6.45, 7) is 3.38. The molecule has 1 aromatic heterocycles. The van der Waals surface area contributed by atoms with E-state index in [2.05, 4.69) is 25.9 Å². The van der Waals surface area contributed by atoms with Crippen LogP contribution in [-0.2, 0) is 11.3 Å². The van der Waals surface area contributed by atoms with Crippen molar-refractivity contribution >= 4 is 45.0 Å². The van der Waals surface area contributed by atoms with Crippen LogP contribution in [0.2, 0.25) is 0 Å². The fourth-order valence-electron chi connectivity index (χ4n) is 3.16. The topological polar surface area (TPSA) is 119 Å². The summed E-state index contributed by atoms with van der Waals surface area (Å²) in [6, 6.07) is 14.3. The van der Waals surface area contributed by atoms with E-state index in [1.54, 1.807) is 50.4 Å². The van der Waals surface area contributed by atoms with E-state index >= 15 is 0 Å². The number of aliphatic hydroxyl groups excluding tert-OH is 1. The number of amides is 1. The number of carbonyl (C=O) groups excluding carboxylic acids is 2. The molecular formula is C25H25BrN4O4S. The van der Waals surface area contributed by atoms with Crippen LogP contribution in [0.1, 0.15) is 35.1 Å². The van der Waals surface area contributed by atoms with Crippen molar-refractivity contribution in [1.82, 2.24) is 14.9 Å². The number of para-hydroxylation sites is 2. The van der Waals surface area contributed by atoms with Gasteiger partial charge in [0.25, 0.3) is 0 Å². The molecule has 35 heavy (non-hydrogen) atoms. The summed E-state index contributed by atoms with van der Waals surface area (Å²) in [5.41, 5.74) is 7.45. The van der Waals surface area contributed by atoms with E-state index in [9.17, 15) is 14.7 Å². The molecule has 3 N–H and O–H groups in total. The SMILES string of the molecule is C/C(=C(\CCO)SC(=O)c1ccccc1Oc1ccccc1Br)N(C=O)Cc1cnc(C)nc1N. The van der Waals surface area contributed by atoms with Gasteiger partial charge in [0.2, 0.25) is 11.5 Å². The van der Waals surface area contributed by atoms with Crippen molar-refractivity contribution in [1.29, 1.82) is 0 Å². The Labute approximate surface area is 216 Å². The molecule has 0 bridgehead atoms. The number of carbonyl (C=O) groups is 2. The first-order valence-corrected chi connectivity index (χ1v) is 12.3. The smallest absolute Gasteiger partial charge is 0.227 e. The lowest BCUT2D eigenvalue weighted by Gasteiger charge is -2.22. The van der Waals surface area contributed by atoms with Crippen LogP contribution in [0.15, 0.2) is 69.8 Å². The number of nitrogens with zero attached hydrogens (tertiary/aromatic N) is 3. The van der Waals surface area contributed by atoms with Gasteiger partial charge in [0, 0.05) is 35.4 Å². The van der Waals surface area contributed by atoms with Crippen LogP contribution in [0.5, 0.6) is 11.5 Å². The number of hydrogen-bond acceptors (Lipinski definition) is 8. The maximum Gasteiger partial charge on any atom is 0.227 e. The molecule has 0 aliphatic carbocycles. The minimum Gasteiger partial charge on any atom is -0.455 e. The number of allylic oxidation sites excluding steroid dienone is 1. The third-order valence-electron chi connectivity index (χ3n) is 5.04. The summed E-state index contributed by atoms with van der Waals surface area (Å²) in [5.74, 6) is 1.78. The molecule has 10 heteroatoms. The average molecular weight is 557 g/mol. The second-order valence-electron chi connectivity index (χ2n) is 7.46. The van der Waals surface area contributed by atoms with Crippen molar-refractivity contribution in [2.45, 2.75) is 26.8 Å². The van der Waals surface area contributed by atoms with E-state index < -0.39 is 0 Å². The number of nitrogens with two attached hydrogens (primary N) is 1. The van der Waals surface area contributed by atoms with Crippen LogP contribution in [0.4, 0.5) is 5.82 Å². The number of rotatable bonds is 10. The number of nitrogen functional groups attached to an aromatic ring is 1. The van der Waals surface area contributed by atoms with Crippen molar-refractivity contribution in [2.24, 2.45) is 0 Å². The molecule has 2 aromatic carbocycles. The van der Waals surface area contributed by atoms with E-state index in [1.165, 1.54) is 4.90 Å². The standard InChI is InChI=1S/C25H25BrN4O4S/c1-16(30(15-32)14-18-13-28-17(2)29-24(18)27)23(11-12-31)35-25(33)19-7-3-5-9-21(19)34-22-10-6-4-8-20(22)26/h3-10,13,15,31H,11-12,14H2,1-2H3,(H2,27,28,29)/b23-16-. The van der Waals surface area contributed by atoms with Crippen molar-refractivity contribution < 1.29 is 19.4 Å². The first-order valence-electron chi connectivity index (χ1n) is 10.7. The zero-order chi connectivity index (χ0) is 25.4. The van der Waals surface area contributed by atoms with Gasteiger partial charge in [0.05, 0.1) is 16.6 Å². The van der Waals surface area contributed by atoms with Crippen molar-refractivity contribution in [3.63, 3.8) is 0 Å². The Hall–Kier alpha value is -3.21. The molecule has 3 aromatic rings. The molecule has 0 atom stereocenters. The highest BCUT2D eigenvalue weighted by atomic mass is 79.9. The highest BCUT2D eigenvalue weighted by Crippen LogP contribution is 2.35. The molecule has 8 nitrogen and oxygen atoms in total.